The van der Waals surface area contributed by atoms with Gasteiger partial charge in [0.1, 0.15) is 17.1 Å². The van der Waals surface area contributed by atoms with Gasteiger partial charge in [0.15, 0.2) is 0 Å². The molecule has 2 heterocycles. The van der Waals surface area contributed by atoms with Gasteiger partial charge in [0, 0.05) is 11.8 Å². The average molecular weight is 619 g/mol. The predicted molar refractivity (Wildman–Crippen MR) is 171 cm³/mol. The molecule has 250 valence electrons. The third-order valence-electron chi connectivity index (χ3n) is 11.3. The topological polar surface area (TPSA) is 134 Å². The molecule has 0 radical (unpaired) electrons. The van der Waals surface area contributed by atoms with Crippen molar-refractivity contribution in [3.8, 4) is 5.75 Å². The van der Waals surface area contributed by atoms with Gasteiger partial charge in [-0.25, -0.2) is 4.79 Å². The van der Waals surface area contributed by atoms with Crippen LogP contribution in [0.5, 0.6) is 5.75 Å². The molecule has 2 fully saturated rings. The number of phenols is 1. The van der Waals surface area contributed by atoms with Crippen molar-refractivity contribution in [1.29, 1.82) is 0 Å². The Hall–Kier alpha value is -2.00. The van der Waals surface area contributed by atoms with E-state index in [1.165, 1.54) is 0 Å². The van der Waals surface area contributed by atoms with Crippen LogP contribution in [0.25, 0.3) is 0 Å². The summed E-state index contributed by atoms with van der Waals surface area (Å²) in [7, 11) is 0. The minimum absolute atomic E-state index is 0.0160. The monoisotopic (exact) mass is 618 g/mol. The van der Waals surface area contributed by atoms with E-state index in [2.05, 4.69) is 13.8 Å². The number of hydrogen-bond donors (Lipinski definition) is 4. The highest BCUT2D eigenvalue weighted by atomic mass is 16.6. The van der Waals surface area contributed by atoms with Gasteiger partial charge in [0.2, 0.25) is 0 Å². The van der Waals surface area contributed by atoms with Gasteiger partial charge in [-0.2, -0.15) is 0 Å². The molecule has 2 aliphatic rings. The Morgan fingerprint density at radius 1 is 1.07 bits per heavy atom. The minimum Gasteiger partial charge on any atom is -0.507 e. The molecule has 8 heteroatoms. The van der Waals surface area contributed by atoms with Crippen LogP contribution in [0.15, 0.2) is 12.1 Å². The maximum atomic E-state index is 14.0. The molecule has 0 amide bonds. The number of hydrogen-bond acceptors (Lipinski definition) is 7. The zero-order valence-corrected chi connectivity index (χ0v) is 28.4. The van der Waals surface area contributed by atoms with Crippen molar-refractivity contribution in [1.82, 2.24) is 0 Å². The van der Waals surface area contributed by atoms with E-state index in [9.17, 15) is 30.0 Å². The Balaban J connectivity index is 1.73. The lowest BCUT2D eigenvalue weighted by atomic mass is 9.75. The van der Waals surface area contributed by atoms with E-state index in [0.29, 0.717) is 49.7 Å². The number of carbonyl (C=O) groups excluding carboxylic acids is 1. The molecule has 0 aliphatic carbocycles. The lowest BCUT2D eigenvalue weighted by molar-refractivity contribution is -0.229. The number of ether oxygens (including phenoxy) is 2. The molecule has 1 aromatic rings. The number of benzene rings is 1. The first-order chi connectivity index (χ1) is 20.6. The van der Waals surface area contributed by atoms with Crippen molar-refractivity contribution in [2.75, 3.05) is 0 Å². The normalized spacial score (nSPS) is 32.5. The minimum atomic E-state index is -1.18. The molecule has 2 aliphatic heterocycles. The largest absolute Gasteiger partial charge is 0.507 e. The second-order valence-electron chi connectivity index (χ2n) is 14.0. The van der Waals surface area contributed by atoms with E-state index in [1.807, 2.05) is 41.5 Å². The van der Waals surface area contributed by atoms with Crippen LogP contribution in [0.2, 0.25) is 0 Å². The third kappa shape index (κ3) is 7.03. The molecule has 0 aromatic heterocycles. The molecule has 0 spiro atoms. The summed E-state index contributed by atoms with van der Waals surface area (Å²) < 4.78 is 13.3. The van der Waals surface area contributed by atoms with E-state index in [4.69, 9.17) is 9.47 Å². The highest BCUT2D eigenvalue weighted by Gasteiger charge is 2.55. The van der Waals surface area contributed by atoms with E-state index in [0.717, 1.165) is 12.8 Å². The first kappa shape index (κ1) is 36.5. The fourth-order valence-corrected chi connectivity index (χ4v) is 8.10. The van der Waals surface area contributed by atoms with E-state index in [-0.39, 0.29) is 59.1 Å². The van der Waals surface area contributed by atoms with Crippen LogP contribution in [-0.4, -0.2) is 67.8 Å². The van der Waals surface area contributed by atoms with Crippen LogP contribution >= 0.6 is 0 Å². The molecule has 0 saturated carbocycles. The molecular formula is C36H58O8. The van der Waals surface area contributed by atoms with Gasteiger partial charge >= 0.3 is 5.97 Å². The van der Waals surface area contributed by atoms with Crippen molar-refractivity contribution in [3.63, 3.8) is 0 Å². The molecule has 4 N–H and O–H groups in total. The average Bonchev–Trinajstić information content (AvgIpc) is 3.34. The van der Waals surface area contributed by atoms with E-state index < -0.39 is 29.2 Å². The molecule has 8 nitrogen and oxygen atoms in total. The Labute approximate surface area is 264 Å². The molecule has 0 bridgehead atoms. The molecular weight excluding hydrogens is 560 g/mol. The van der Waals surface area contributed by atoms with Crippen molar-refractivity contribution in [2.45, 2.75) is 155 Å². The van der Waals surface area contributed by atoms with Gasteiger partial charge in [0.25, 0.3) is 0 Å². The number of carboxylic acids is 1. The van der Waals surface area contributed by atoms with Crippen LogP contribution in [0.1, 0.15) is 135 Å². The van der Waals surface area contributed by atoms with Gasteiger partial charge in [-0.15, -0.1) is 0 Å². The number of carbonyl (C=O) groups is 2. The summed E-state index contributed by atoms with van der Waals surface area (Å²) in [5, 5.41) is 42.8. The smallest absolute Gasteiger partial charge is 0.339 e. The Morgan fingerprint density at radius 3 is 2.25 bits per heavy atom. The summed E-state index contributed by atoms with van der Waals surface area (Å²) in [6.45, 7) is 17.6. The Morgan fingerprint density at radius 2 is 1.73 bits per heavy atom. The van der Waals surface area contributed by atoms with Crippen LogP contribution in [0.4, 0.5) is 0 Å². The van der Waals surface area contributed by atoms with Crippen molar-refractivity contribution >= 4 is 11.8 Å². The Kier molecular flexibility index (Phi) is 12.1. The van der Waals surface area contributed by atoms with Gasteiger partial charge in [0.05, 0.1) is 35.6 Å². The number of aromatic hydroxyl groups is 1. The SMILES string of the molecule is CCc1ccc([C@@H](C)C[C@@H](C)[C@H](O)[C@H](C)C(=O)[C@H](CC)[C@H]2O[C@](CC)([C@H]3CC[C@](O)(CC)[C@H](C)O3)C[C@@H]2C)c(C(=O)O)c1O. The maximum absolute atomic E-state index is 14.0. The molecule has 2 saturated heterocycles. The number of aliphatic hydroxyl groups excluding tert-OH is 1. The quantitative estimate of drug-likeness (QED) is 0.182. The summed E-state index contributed by atoms with van der Waals surface area (Å²) in [5.74, 6) is -2.81. The second kappa shape index (κ2) is 14.6. The molecule has 44 heavy (non-hydrogen) atoms. The summed E-state index contributed by atoms with van der Waals surface area (Å²) in [6, 6.07) is 3.51. The Bertz CT molecular complexity index is 1150. The molecule has 1 aromatic carbocycles. The second-order valence-corrected chi connectivity index (χ2v) is 14.0. The maximum Gasteiger partial charge on any atom is 0.339 e. The number of aromatic carboxylic acids is 1. The first-order valence-electron chi connectivity index (χ1n) is 17.0. The summed E-state index contributed by atoms with van der Waals surface area (Å²) in [4.78, 5) is 26.0. The van der Waals surface area contributed by atoms with Gasteiger partial charge in [-0.1, -0.05) is 67.5 Å². The number of ketones is 1. The van der Waals surface area contributed by atoms with Crippen LogP contribution in [0, 0.1) is 23.7 Å². The predicted octanol–water partition coefficient (Wildman–Crippen LogP) is 6.66. The summed E-state index contributed by atoms with van der Waals surface area (Å²) in [6.07, 6.45) is 3.44. The van der Waals surface area contributed by atoms with Gasteiger partial charge in [-0.3, -0.25) is 4.79 Å². The number of Topliss-reactive ketones (excluding diaryl/α,β-unsaturated/α-hetero) is 1. The fraction of sp³-hybridized carbons (Fsp3) is 0.778. The molecule has 0 unspecified atom stereocenters. The lowest BCUT2D eigenvalue weighted by Crippen LogP contribution is -2.55. The first-order valence-corrected chi connectivity index (χ1v) is 17.0. The fourth-order valence-electron chi connectivity index (χ4n) is 8.10. The highest BCUT2D eigenvalue weighted by molar-refractivity contribution is 5.93. The zero-order chi connectivity index (χ0) is 33.1. The highest BCUT2D eigenvalue weighted by Crippen LogP contribution is 2.48. The van der Waals surface area contributed by atoms with Crippen molar-refractivity contribution < 1.29 is 39.5 Å². The van der Waals surface area contributed by atoms with E-state index >= 15 is 0 Å². The standard InChI is InChI=1S/C36H58O8/c1-10-25-14-15-27(29(32(25)39)34(40)41)20(5)18-21(6)30(37)23(8)31(38)26(11-2)33-22(7)19-36(13-4,44-33)28-16-17-35(42,12-3)24(9)43-28/h14-15,20-24,26,28,30,33,37,39,42H,10-13,16-19H2,1-9H3,(H,40,41)/t20-,21+,22-,23-,24-,26-,28+,30-,33-,35+,36-/m0/s1. The van der Waals surface area contributed by atoms with Gasteiger partial charge in [-0.05, 0) is 87.2 Å². The van der Waals surface area contributed by atoms with Crippen LogP contribution < -0.4 is 0 Å². The number of aryl methyl sites for hydroxylation is 1. The number of aliphatic hydroxyl groups is 2. The summed E-state index contributed by atoms with van der Waals surface area (Å²) in [5.41, 5.74) is -0.329. The molecule has 11 atom stereocenters. The van der Waals surface area contributed by atoms with Crippen molar-refractivity contribution in [3.05, 3.63) is 28.8 Å². The number of rotatable bonds is 14. The van der Waals surface area contributed by atoms with Gasteiger partial charge < -0.3 is 29.9 Å². The van der Waals surface area contributed by atoms with E-state index in [1.54, 1.807) is 19.1 Å². The summed E-state index contributed by atoms with van der Waals surface area (Å²) >= 11 is 0. The van der Waals surface area contributed by atoms with Crippen LogP contribution in [-0.2, 0) is 20.7 Å². The van der Waals surface area contributed by atoms with Crippen molar-refractivity contribution in [2.24, 2.45) is 23.7 Å². The van der Waals surface area contributed by atoms with Crippen LogP contribution in [0.3, 0.4) is 0 Å². The third-order valence-corrected chi connectivity index (χ3v) is 11.3. The lowest BCUT2D eigenvalue weighted by Gasteiger charge is -2.47. The zero-order valence-electron chi connectivity index (χ0n) is 28.4. The molecule has 3 rings (SSSR count). The number of carboxylic acid groups (broad SMARTS) is 1.